The summed E-state index contributed by atoms with van der Waals surface area (Å²) in [6, 6.07) is 4.44. The van der Waals surface area contributed by atoms with Crippen LogP contribution in [0.25, 0.3) is 0 Å². The summed E-state index contributed by atoms with van der Waals surface area (Å²) in [5.41, 5.74) is 0. The average molecular weight is 281 g/mol. The Kier molecular flexibility index (Phi) is 6.31. The first-order valence-corrected chi connectivity index (χ1v) is 8.30. The summed E-state index contributed by atoms with van der Waals surface area (Å²) in [5, 5.41) is 3.55. The zero-order chi connectivity index (χ0) is 13.5. The zero-order valence-electron chi connectivity index (χ0n) is 12.3. The van der Waals surface area contributed by atoms with Gasteiger partial charge in [0.2, 0.25) is 0 Å². The van der Waals surface area contributed by atoms with Crippen LogP contribution in [0.2, 0.25) is 0 Å². The molecule has 0 atom stereocenters. The van der Waals surface area contributed by atoms with Gasteiger partial charge in [0, 0.05) is 55.6 Å². The van der Waals surface area contributed by atoms with Crippen LogP contribution in [0.4, 0.5) is 0 Å². The molecule has 0 radical (unpaired) electrons. The van der Waals surface area contributed by atoms with Crippen LogP contribution >= 0.6 is 11.3 Å². The fourth-order valence-corrected chi connectivity index (χ4v) is 3.44. The molecule has 2 heterocycles. The second-order valence-corrected chi connectivity index (χ2v) is 6.74. The van der Waals surface area contributed by atoms with Crippen molar-refractivity contribution in [2.24, 2.45) is 0 Å². The maximum absolute atomic E-state index is 3.55. The van der Waals surface area contributed by atoms with Gasteiger partial charge in [-0.3, -0.25) is 4.90 Å². The van der Waals surface area contributed by atoms with Crippen molar-refractivity contribution < 1.29 is 0 Å². The summed E-state index contributed by atoms with van der Waals surface area (Å²) in [6.45, 7) is 14.0. The molecule has 0 spiro atoms. The predicted octanol–water partition coefficient (Wildman–Crippen LogP) is 2.17. The minimum absolute atomic E-state index is 1.02. The van der Waals surface area contributed by atoms with E-state index in [9.17, 15) is 0 Å². The van der Waals surface area contributed by atoms with E-state index in [1.807, 2.05) is 11.3 Å². The Morgan fingerprint density at radius 2 is 1.79 bits per heavy atom. The molecule has 1 fully saturated rings. The standard InChI is InChI=1S/C15H27N3S/c1-3-7-17-9-11-18(12-10-17)8-6-16-13-15-5-4-14(2)19-15/h4-5,16H,3,6-13H2,1-2H3. The lowest BCUT2D eigenvalue weighted by atomic mass is 10.3. The molecule has 0 unspecified atom stereocenters. The molecule has 1 aliphatic heterocycles. The molecule has 1 aromatic heterocycles. The van der Waals surface area contributed by atoms with Crippen molar-refractivity contribution in [1.29, 1.82) is 0 Å². The van der Waals surface area contributed by atoms with Crippen LogP contribution in [0.1, 0.15) is 23.1 Å². The normalized spacial score (nSPS) is 18.0. The Balaban J connectivity index is 1.54. The highest BCUT2D eigenvalue weighted by Gasteiger charge is 2.15. The second kappa shape index (κ2) is 8.00. The Labute approximate surface area is 121 Å². The molecule has 19 heavy (non-hydrogen) atoms. The maximum Gasteiger partial charge on any atom is 0.0300 e. The monoisotopic (exact) mass is 281 g/mol. The highest BCUT2D eigenvalue weighted by molar-refractivity contribution is 7.11. The van der Waals surface area contributed by atoms with Gasteiger partial charge >= 0.3 is 0 Å². The van der Waals surface area contributed by atoms with Crippen LogP contribution in [-0.2, 0) is 6.54 Å². The number of nitrogens with zero attached hydrogens (tertiary/aromatic N) is 2. The molecule has 1 saturated heterocycles. The molecule has 4 heteroatoms. The van der Waals surface area contributed by atoms with Gasteiger partial charge in [0.15, 0.2) is 0 Å². The summed E-state index contributed by atoms with van der Waals surface area (Å²) in [6.07, 6.45) is 1.28. The lowest BCUT2D eigenvalue weighted by Crippen LogP contribution is -2.48. The first-order valence-electron chi connectivity index (χ1n) is 7.48. The highest BCUT2D eigenvalue weighted by Crippen LogP contribution is 2.14. The predicted molar refractivity (Wildman–Crippen MR) is 83.9 cm³/mol. The van der Waals surface area contributed by atoms with Crippen LogP contribution in [-0.4, -0.2) is 55.6 Å². The number of hydrogen-bond acceptors (Lipinski definition) is 4. The smallest absolute Gasteiger partial charge is 0.0300 e. The fraction of sp³-hybridized carbons (Fsp3) is 0.733. The van der Waals surface area contributed by atoms with Crippen LogP contribution < -0.4 is 5.32 Å². The van der Waals surface area contributed by atoms with Gasteiger partial charge in [-0.25, -0.2) is 0 Å². The van der Waals surface area contributed by atoms with Gasteiger partial charge in [-0.15, -0.1) is 11.3 Å². The fourth-order valence-electron chi connectivity index (χ4n) is 2.58. The molecule has 1 aliphatic rings. The minimum atomic E-state index is 1.02. The van der Waals surface area contributed by atoms with E-state index in [0.717, 1.165) is 13.1 Å². The third-order valence-corrected chi connectivity index (χ3v) is 4.71. The van der Waals surface area contributed by atoms with Crippen molar-refractivity contribution >= 4 is 11.3 Å². The zero-order valence-corrected chi connectivity index (χ0v) is 13.1. The Hall–Kier alpha value is -0.420. The number of piperazine rings is 1. The molecule has 0 amide bonds. The largest absolute Gasteiger partial charge is 0.311 e. The first-order chi connectivity index (χ1) is 9.28. The van der Waals surface area contributed by atoms with Crippen LogP contribution in [0.15, 0.2) is 12.1 Å². The summed E-state index contributed by atoms with van der Waals surface area (Å²) in [4.78, 5) is 8.02. The summed E-state index contributed by atoms with van der Waals surface area (Å²) in [7, 11) is 0. The van der Waals surface area contributed by atoms with E-state index in [0.29, 0.717) is 0 Å². The number of rotatable bonds is 7. The molecular formula is C15H27N3S. The minimum Gasteiger partial charge on any atom is -0.311 e. The van der Waals surface area contributed by atoms with Crippen molar-refractivity contribution in [2.75, 3.05) is 45.8 Å². The van der Waals surface area contributed by atoms with Gasteiger partial charge in [0.1, 0.15) is 0 Å². The van der Waals surface area contributed by atoms with Crippen LogP contribution in [0.5, 0.6) is 0 Å². The van der Waals surface area contributed by atoms with Crippen molar-refractivity contribution in [3.05, 3.63) is 21.9 Å². The maximum atomic E-state index is 3.55. The van der Waals surface area contributed by atoms with Gasteiger partial charge in [-0.1, -0.05) is 6.92 Å². The third-order valence-electron chi connectivity index (χ3n) is 3.70. The first kappa shape index (κ1) is 15.0. The van der Waals surface area contributed by atoms with E-state index >= 15 is 0 Å². The van der Waals surface area contributed by atoms with Crippen molar-refractivity contribution in [2.45, 2.75) is 26.8 Å². The molecule has 1 aromatic rings. The summed E-state index contributed by atoms with van der Waals surface area (Å²) in [5.74, 6) is 0. The molecule has 0 aliphatic carbocycles. The number of aryl methyl sites for hydroxylation is 1. The molecule has 0 saturated carbocycles. The van der Waals surface area contributed by atoms with E-state index in [1.165, 1.54) is 55.4 Å². The van der Waals surface area contributed by atoms with Crippen LogP contribution in [0, 0.1) is 6.92 Å². The Bertz CT molecular complexity index is 356. The molecule has 108 valence electrons. The van der Waals surface area contributed by atoms with Gasteiger partial charge in [-0.05, 0) is 32.0 Å². The molecule has 1 N–H and O–H groups in total. The van der Waals surface area contributed by atoms with Gasteiger partial charge in [0.25, 0.3) is 0 Å². The summed E-state index contributed by atoms with van der Waals surface area (Å²) < 4.78 is 0. The molecule has 3 nitrogen and oxygen atoms in total. The van der Waals surface area contributed by atoms with Crippen molar-refractivity contribution in [1.82, 2.24) is 15.1 Å². The van der Waals surface area contributed by atoms with Gasteiger partial charge < -0.3 is 10.2 Å². The summed E-state index contributed by atoms with van der Waals surface area (Å²) >= 11 is 1.90. The number of hydrogen-bond donors (Lipinski definition) is 1. The third kappa shape index (κ3) is 5.22. The van der Waals surface area contributed by atoms with Crippen molar-refractivity contribution in [3.63, 3.8) is 0 Å². The van der Waals surface area contributed by atoms with E-state index in [1.54, 1.807) is 0 Å². The highest BCUT2D eigenvalue weighted by atomic mass is 32.1. The number of nitrogens with one attached hydrogen (secondary N) is 1. The lowest BCUT2D eigenvalue weighted by Gasteiger charge is -2.34. The van der Waals surface area contributed by atoms with Gasteiger partial charge in [0.05, 0.1) is 0 Å². The van der Waals surface area contributed by atoms with E-state index in [2.05, 4.69) is 41.1 Å². The van der Waals surface area contributed by atoms with Crippen LogP contribution in [0.3, 0.4) is 0 Å². The second-order valence-electron chi connectivity index (χ2n) is 5.37. The number of thiophene rings is 1. The molecular weight excluding hydrogens is 254 g/mol. The van der Waals surface area contributed by atoms with E-state index in [4.69, 9.17) is 0 Å². The Morgan fingerprint density at radius 3 is 2.37 bits per heavy atom. The quantitative estimate of drug-likeness (QED) is 0.773. The Morgan fingerprint density at radius 1 is 1.11 bits per heavy atom. The molecule has 0 aromatic carbocycles. The van der Waals surface area contributed by atoms with E-state index in [-0.39, 0.29) is 0 Å². The topological polar surface area (TPSA) is 18.5 Å². The van der Waals surface area contributed by atoms with Gasteiger partial charge in [-0.2, -0.15) is 0 Å². The average Bonchev–Trinajstić information content (AvgIpc) is 2.83. The molecule has 0 bridgehead atoms. The SMILES string of the molecule is CCCN1CCN(CCNCc2ccc(C)s2)CC1. The van der Waals surface area contributed by atoms with E-state index < -0.39 is 0 Å². The van der Waals surface area contributed by atoms with Crippen molar-refractivity contribution in [3.8, 4) is 0 Å². The molecule has 2 rings (SSSR count). The lowest BCUT2D eigenvalue weighted by molar-refractivity contribution is 0.133.